The van der Waals surface area contributed by atoms with Crippen molar-refractivity contribution in [2.45, 2.75) is 17.9 Å². The van der Waals surface area contributed by atoms with E-state index in [1.807, 2.05) is 0 Å². The summed E-state index contributed by atoms with van der Waals surface area (Å²) in [6.45, 7) is 1.60. The van der Waals surface area contributed by atoms with Gasteiger partial charge < -0.3 is 10.5 Å². The summed E-state index contributed by atoms with van der Waals surface area (Å²) in [6, 6.07) is 3.51. The van der Waals surface area contributed by atoms with Crippen LogP contribution >= 0.6 is 0 Å². The molecule has 0 aliphatic heterocycles. The maximum absolute atomic E-state index is 13.4. The second-order valence-corrected chi connectivity index (χ2v) is 5.52. The van der Waals surface area contributed by atoms with Crippen molar-refractivity contribution in [2.24, 2.45) is 0 Å². The minimum atomic E-state index is -3.67. The minimum absolute atomic E-state index is 0.191. The molecule has 4 nitrogen and oxygen atoms in total. The lowest BCUT2D eigenvalue weighted by Crippen LogP contribution is -2.20. The summed E-state index contributed by atoms with van der Waals surface area (Å²) in [5, 5.41) is 0. The molecule has 0 radical (unpaired) electrons. The van der Waals surface area contributed by atoms with Crippen LogP contribution in [0.5, 0.6) is 0 Å². The van der Waals surface area contributed by atoms with E-state index in [0.717, 1.165) is 6.07 Å². The first kappa shape index (κ1) is 12.9. The molecule has 1 aromatic rings. The Morgan fingerprint density at radius 1 is 1.50 bits per heavy atom. The van der Waals surface area contributed by atoms with E-state index in [2.05, 4.69) is 0 Å². The zero-order valence-electron chi connectivity index (χ0n) is 9.10. The molecule has 0 aliphatic rings. The van der Waals surface area contributed by atoms with Gasteiger partial charge in [0, 0.05) is 12.8 Å². The van der Waals surface area contributed by atoms with Gasteiger partial charge in [-0.1, -0.05) is 0 Å². The summed E-state index contributed by atoms with van der Waals surface area (Å²) >= 11 is 0. The molecule has 6 heteroatoms. The Kier molecular flexibility index (Phi) is 3.88. The van der Waals surface area contributed by atoms with Crippen LogP contribution < -0.4 is 5.73 Å². The summed E-state index contributed by atoms with van der Waals surface area (Å²) in [7, 11) is -2.27. The molecule has 1 atom stereocenters. The summed E-state index contributed by atoms with van der Waals surface area (Å²) in [6.07, 6.45) is -0.484. The Morgan fingerprint density at radius 3 is 2.62 bits per heavy atom. The Labute approximate surface area is 94.1 Å². The van der Waals surface area contributed by atoms with Crippen LogP contribution in [0.25, 0.3) is 0 Å². The third-order valence-electron chi connectivity index (χ3n) is 2.15. The zero-order chi connectivity index (χ0) is 12.3. The monoisotopic (exact) mass is 247 g/mol. The molecule has 0 saturated heterocycles. The number of methoxy groups -OCH3 is 1. The van der Waals surface area contributed by atoms with Gasteiger partial charge in [-0.25, -0.2) is 12.8 Å². The predicted octanol–water partition coefficient (Wildman–Crippen LogP) is 1.22. The quantitative estimate of drug-likeness (QED) is 0.812. The molecule has 0 saturated carbocycles. The number of nitrogens with two attached hydrogens (primary N) is 1. The SMILES string of the molecule is COC(C)CS(=O)(=O)c1ccc(N)cc1F. The summed E-state index contributed by atoms with van der Waals surface area (Å²) < 4.78 is 41.8. The molecule has 1 rings (SSSR count). The molecular formula is C10H14FNO3S. The molecule has 1 unspecified atom stereocenters. The topological polar surface area (TPSA) is 69.4 Å². The molecule has 90 valence electrons. The minimum Gasteiger partial charge on any atom is -0.399 e. The van der Waals surface area contributed by atoms with Gasteiger partial charge in [-0.05, 0) is 25.1 Å². The number of hydrogen-bond donors (Lipinski definition) is 1. The van der Waals surface area contributed by atoms with Crippen LogP contribution in [0, 0.1) is 5.82 Å². The van der Waals surface area contributed by atoms with Crippen molar-refractivity contribution >= 4 is 15.5 Å². The van der Waals surface area contributed by atoms with Crippen molar-refractivity contribution in [3.05, 3.63) is 24.0 Å². The van der Waals surface area contributed by atoms with Gasteiger partial charge in [-0.15, -0.1) is 0 Å². The second-order valence-electron chi connectivity index (χ2n) is 3.52. The van der Waals surface area contributed by atoms with E-state index in [1.54, 1.807) is 6.92 Å². The van der Waals surface area contributed by atoms with E-state index < -0.39 is 21.8 Å². The fourth-order valence-corrected chi connectivity index (χ4v) is 2.80. The molecule has 0 amide bonds. The molecule has 0 aromatic heterocycles. The Hall–Kier alpha value is -1.14. The number of anilines is 1. The van der Waals surface area contributed by atoms with E-state index in [1.165, 1.54) is 19.2 Å². The van der Waals surface area contributed by atoms with Gasteiger partial charge >= 0.3 is 0 Å². The molecular weight excluding hydrogens is 233 g/mol. The standard InChI is InChI=1S/C10H14FNO3S/c1-7(15-2)6-16(13,14)10-4-3-8(12)5-9(10)11/h3-5,7H,6,12H2,1-2H3. The van der Waals surface area contributed by atoms with Crippen LogP contribution in [0.4, 0.5) is 10.1 Å². The van der Waals surface area contributed by atoms with Gasteiger partial charge in [0.1, 0.15) is 10.7 Å². The highest BCUT2D eigenvalue weighted by Crippen LogP contribution is 2.19. The van der Waals surface area contributed by atoms with E-state index in [9.17, 15) is 12.8 Å². The van der Waals surface area contributed by atoms with Crippen molar-refractivity contribution in [3.63, 3.8) is 0 Å². The first-order valence-corrected chi connectivity index (χ1v) is 6.32. The molecule has 0 aliphatic carbocycles. The van der Waals surface area contributed by atoms with Gasteiger partial charge in [0.25, 0.3) is 0 Å². The average Bonchev–Trinajstić information content (AvgIpc) is 2.16. The van der Waals surface area contributed by atoms with Gasteiger partial charge in [0.2, 0.25) is 0 Å². The Bertz CT molecular complexity index is 473. The summed E-state index contributed by atoms with van der Waals surface area (Å²) in [5.41, 5.74) is 5.53. The third kappa shape index (κ3) is 2.93. The second kappa shape index (κ2) is 4.80. The first-order valence-electron chi connectivity index (χ1n) is 4.67. The largest absolute Gasteiger partial charge is 0.399 e. The lowest BCUT2D eigenvalue weighted by Gasteiger charge is -2.10. The lowest BCUT2D eigenvalue weighted by molar-refractivity contribution is 0.136. The maximum atomic E-state index is 13.4. The van der Waals surface area contributed by atoms with Crippen molar-refractivity contribution in [1.82, 2.24) is 0 Å². The average molecular weight is 247 g/mol. The molecule has 2 N–H and O–H groups in total. The van der Waals surface area contributed by atoms with Crippen LogP contribution in [-0.2, 0) is 14.6 Å². The molecule has 0 spiro atoms. The lowest BCUT2D eigenvalue weighted by atomic mass is 10.3. The van der Waals surface area contributed by atoms with E-state index >= 15 is 0 Å². The molecule has 0 heterocycles. The number of rotatable bonds is 4. The van der Waals surface area contributed by atoms with Gasteiger partial charge in [-0.3, -0.25) is 0 Å². The molecule has 0 fully saturated rings. The number of nitrogen functional groups attached to an aromatic ring is 1. The van der Waals surface area contributed by atoms with Crippen LogP contribution in [0.2, 0.25) is 0 Å². The molecule has 1 aromatic carbocycles. The van der Waals surface area contributed by atoms with Crippen molar-refractivity contribution < 1.29 is 17.5 Å². The van der Waals surface area contributed by atoms with E-state index in [0.29, 0.717) is 0 Å². The number of ether oxygens (including phenoxy) is 1. The van der Waals surface area contributed by atoms with E-state index in [4.69, 9.17) is 10.5 Å². The van der Waals surface area contributed by atoms with Crippen LogP contribution in [0.15, 0.2) is 23.1 Å². The number of benzene rings is 1. The third-order valence-corrected chi connectivity index (χ3v) is 4.06. The highest BCUT2D eigenvalue weighted by molar-refractivity contribution is 7.91. The van der Waals surface area contributed by atoms with Gasteiger partial charge in [0.05, 0.1) is 11.9 Å². The van der Waals surface area contributed by atoms with Gasteiger partial charge in [0.15, 0.2) is 9.84 Å². The first-order chi connectivity index (χ1) is 7.36. The number of hydrogen-bond acceptors (Lipinski definition) is 4. The van der Waals surface area contributed by atoms with Crippen LogP contribution in [0.1, 0.15) is 6.92 Å². The number of sulfone groups is 1. The normalized spacial score (nSPS) is 13.7. The fraction of sp³-hybridized carbons (Fsp3) is 0.400. The predicted molar refractivity (Wildman–Crippen MR) is 59.3 cm³/mol. The summed E-state index contributed by atoms with van der Waals surface area (Å²) in [4.78, 5) is -0.342. The Morgan fingerprint density at radius 2 is 2.12 bits per heavy atom. The highest BCUT2D eigenvalue weighted by Gasteiger charge is 2.22. The van der Waals surface area contributed by atoms with Crippen molar-refractivity contribution in [3.8, 4) is 0 Å². The van der Waals surface area contributed by atoms with Crippen molar-refractivity contribution in [1.29, 1.82) is 0 Å². The Balaban J connectivity index is 3.08. The smallest absolute Gasteiger partial charge is 0.183 e. The molecule has 16 heavy (non-hydrogen) atoms. The van der Waals surface area contributed by atoms with Gasteiger partial charge in [-0.2, -0.15) is 0 Å². The van der Waals surface area contributed by atoms with Crippen LogP contribution in [-0.4, -0.2) is 27.4 Å². The van der Waals surface area contributed by atoms with Crippen LogP contribution in [0.3, 0.4) is 0 Å². The van der Waals surface area contributed by atoms with E-state index in [-0.39, 0.29) is 16.3 Å². The maximum Gasteiger partial charge on any atom is 0.183 e. The molecule has 0 bridgehead atoms. The van der Waals surface area contributed by atoms with Crippen molar-refractivity contribution in [2.75, 3.05) is 18.6 Å². The summed E-state index contributed by atoms with van der Waals surface area (Å²) in [5.74, 6) is -1.09. The number of halogens is 1. The zero-order valence-corrected chi connectivity index (χ0v) is 9.92. The highest BCUT2D eigenvalue weighted by atomic mass is 32.2. The fourth-order valence-electron chi connectivity index (χ4n) is 1.24.